The molecule has 1 heterocycles. The maximum Gasteiger partial charge on any atom is 0.309 e. The number of aromatic nitrogens is 1. The van der Waals surface area contributed by atoms with Gasteiger partial charge in [0.2, 0.25) is 0 Å². The number of pyridine rings is 1. The smallest absolute Gasteiger partial charge is 0.309 e. The molecule has 0 aromatic carbocycles. The van der Waals surface area contributed by atoms with E-state index in [0.717, 1.165) is 5.56 Å². The van der Waals surface area contributed by atoms with Crippen molar-refractivity contribution in [1.82, 2.24) is 4.98 Å². The Hall–Kier alpha value is -1.74. The van der Waals surface area contributed by atoms with Crippen molar-refractivity contribution in [2.24, 2.45) is 5.92 Å². The Morgan fingerprint density at radius 1 is 1.67 bits per heavy atom. The number of nitrogens with zero attached hydrogens (tertiary/aromatic N) is 2. The van der Waals surface area contributed by atoms with Crippen molar-refractivity contribution in [3.8, 4) is 6.07 Å². The molecule has 0 aliphatic carbocycles. The van der Waals surface area contributed by atoms with Gasteiger partial charge >= 0.3 is 5.97 Å². The predicted molar refractivity (Wildman–Crippen MR) is 66.8 cm³/mol. The Morgan fingerprint density at radius 2 is 2.39 bits per heavy atom. The van der Waals surface area contributed by atoms with Gasteiger partial charge in [0.1, 0.15) is 11.8 Å². The van der Waals surface area contributed by atoms with Crippen LogP contribution in [0.2, 0.25) is 0 Å². The summed E-state index contributed by atoms with van der Waals surface area (Å²) in [5.41, 5.74) is 1.07. The lowest BCUT2D eigenvalue weighted by molar-refractivity contribution is -0.144. The number of rotatable bonds is 5. The summed E-state index contributed by atoms with van der Waals surface area (Å²) in [4.78, 5) is 15.0. The third kappa shape index (κ3) is 4.26. The van der Waals surface area contributed by atoms with E-state index in [1.54, 1.807) is 19.1 Å². The van der Waals surface area contributed by atoms with Gasteiger partial charge in [-0.15, -0.1) is 0 Å². The number of carbonyl (C=O) groups is 1. The van der Waals surface area contributed by atoms with Crippen molar-refractivity contribution in [1.29, 1.82) is 5.26 Å². The molecule has 5 nitrogen and oxygen atoms in total. The van der Waals surface area contributed by atoms with E-state index < -0.39 is 16.7 Å². The zero-order chi connectivity index (χ0) is 13.5. The fourth-order valence-electron chi connectivity index (χ4n) is 1.42. The number of hydrogen-bond acceptors (Lipinski definition) is 5. The Kier molecular flexibility index (Phi) is 5.46. The van der Waals surface area contributed by atoms with Crippen LogP contribution in [0.5, 0.6) is 0 Å². The highest BCUT2D eigenvalue weighted by molar-refractivity contribution is 7.84. The molecule has 0 radical (unpaired) electrons. The van der Waals surface area contributed by atoms with Crippen LogP contribution in [0.4, 0.5) is 0 Å². The molecular weight excluding hydrogens is 252 g/mol. The second kappa shape index (κ2) is 6.87. The maximum absolute atomic E-state index is 11.8. The molecule has 0 amide bonds. The summed E-state index contributed by atoms with van der Waals surface area (Å²) in [6.45, 7) is 1.68. The van der Waals surface area contributed by atoms with Crippen LogP contribution in [0.1, 0.15) is 18.2 Å². The summed E-state index contributed by atoms with van der Waals surface area (Å²) in [5, 5.41) is 8.70. The molecule has 0 saturated heterocycles. The van der Waals surface area contributed by atoms with Crippen LogP contribution >= 0.6 is 0 Å². The van der Waals surface area contributed by atoms with Crippen LogP contribution in [-0.4, -0.2) is 28.0 Å². The first-order valence-electron chi connectivity index (χ1n) is 5.34. The summed E-state index contributed by atoms with van der Waals surface area (Å²) < 4.78 is 16.4. The van der Waals surface area contributed by atoms with Crippen LogP contribution in [0.3, 0.4) is 0 Å². The van der Waals surface area contributed by atoms with Crippen molar-refractivity contribution >= 4 is 16.8 Å². The quantitative estimate of drug-likeness (QED) is 0.743. The lowest BCUT2D eigenvalue weighted by Crippen LogP contribution is -2.20. The van der Waals surface area contributed by atoms with Crippen molar-refractivity contribution < 1.29 is 13.7 Å². The summed E-state index contributed by atoms with van der Waals surface area (Å²) in [7, 11) is 0.138. The number of methoxy groups -OCH3 is 1. The molecule has 18 heavy (non-hydrogen) atoms. The lowest BCUT2D eigenvalue weighted by Gasteiger charge is -2.08. The highest BCUT2D eigenvalue weighted by atomic mass is 32.2. The van der Waals surface area contributed by atoms with Crippen molar-refractivity contribution in [3.63, 3.8) is 0 Å². The van der Waals surface area contributed by atoms with Crippen molar-refractivity contribution in [3.05, 3.63) is 29.6 Å². The average Bonchev–Trinajstić information content (AvgIpc) is 2.37. The molecule has 0 aliphatic rings. The monoisotopic (exact) mass is 266 g/mol. The first kappa shape index (κ1) is 14.3. The van der Waals surface area contributed by atoms with E-state index in [2.05, 4.69) is 9.72 Å². The van der Waals surface area contributed by atoms with E-state index in [-0.39, 0.29) is 11.7 Å². The summed E-state index contributed by atoms with van der Waals surface area (Å²) >= 11 is 0. The number of ether oxygens (including phenoxy) is 1. The van der Waals surface area contributed by atoms with Crippen LogP contribution < -0.4 is 0 Å². The number of hydrogen-bond donors (Lipinski definition) is 0. The summed E-state index contributed by atoms with van der Waals surface area (Å²) in [5.74, 6) is -0.209. The molecule has 2 unspecified atom stereocenters. The number of esters is 1. The van der Waals surface area contributed by atoms with Crippen LogP contribution in [0.25, 0.3) is 0 Å². The van der Waals surface area contributed by atoms with Gasteiger partial charge in [0.15, 0.2) is 0 Å². The van der Waals surface area contributed by atoms with E-state index in [4.69, 9.17) is 5.26 Å². The highest BCUT2D eigenvalue weighted by Crippen LogP contribution is 2.08. The van der Waals surface area contributed by atoms with Crippen molar-refractivity contribution in [2.45, 2.75) is 12.7 Å². The Bertz CT molecular complexity index is 496. The molecule has 0 aliphatic heterocycles. The van der Waals surface area contributed by atoms with Gasteiger partial charge in [0, 0.05) is 28.5 Å². The molecule has 0 saturated carbocycles. The Morgan fingerprint density at radius 3 is 3.00 bits per heavy atom. The van der Waals surface area contributed by atoms with E-state index in [9.17, 15) is 9.00 Å². The first-order chi connectivity index (χ1) is 8.56. The molecule has 0 N–H and O–H groups in total. The minimum absolute atomic E-state index is 0.247. The van der Waals surface area contributed by atoms with Gasteiger partial charge < -0.3 is 4.74 Å². The standard InChI is InChI=1S/C12H14N2O3S/c1-9(12(15)17-2)7-18(16)8-10-3-4-14-11(5-10)6-13/h3-5,9H,7-8H2,1-2H3. The molecule has 1 aromatic rings. The number of nitriles is 1. The third-order valence-corrected chi connectivity index (χ3v) is 3.83. The van der Waals surface area contributed by atoms with Crippen LogP contribution in [0, 0.1) is 17.2 Å². The molecule has 1 aromatic heterocycles. The van der Waals surface area contributed by atoms with Gasteiger partial charge in [0.25, 0.3) is 0 Å². The molecule has 6 heteroatoms. The first-order valence-corrected chi connectivity index (χ1v) is 6.83. The predicted octanol–water partition coefficient (Wildman–Crippen LogP) is 1.01. The summed E-state index contributed by atoms with van der Waals surface area (Å²) in [6.07, 6.45) is 1.51. The maximum atomic E-state index is 11.8. The van der Waals surface area contributed by atoms with Gasteiger partial charge in [-0.2, -0.15) is 5.26 Å². The molecular formula is C12H14N2O3S. The second-order valence-electron chi connectivity index (χ2n) is 3.84. The van der Waals surface area contributed by atoms with Gasteiger partial charge in [-0.3, -0.25) is 9.00 Å². The summed E-state index contributed by atoms with van der Waals surface area (Å²) in [6, 6.07) is 5.23. The molecule has 96 valence electrons. The Labute approximate surface area is 108 Å². The van der Waals surface area contributed by atoms with Gasteiger partial charge in [0.05, 0.1) is 13.0 Å². The highest BCUT2D eigenvalue weighted by Gasteiger charge is 2.16. The minimum Gasteiger partial charge on any atom is -0.469 e. The van der Waals surface area contributed by atoms with Gasteiger partial charge in [-0.05, 0) is 17.7 Å². The molecule has 0 fully saturated rings. The molecule has 0 spiro atoms. The van der Waals surface area contributed by atoms with E-state index in [1.807, 2.05) is 6.07 Å². The zero-order valence-electron chi connectivity index (χ0n) is 10.3. The molecule has 1 rings (SSSR count). The number of carbonyl (C=O) groups excluding carboxylic acids is 1. The van der Waals surface area contributed by atoms with E-state index in [1.165, 1.54) is 13.3 Å². The van der Waals surface area contributed by atoms with Crippen LogP contribution in [0.15, 0.2) is 18.3 Å². The Balaban J connectivity index is 2.60. The second-order valence-corrected chi connectivity index (χ2v) is 5.34. The largest absolute Gasteiger partial charge is 0.469 e. The van der Waals surface area contributed by atoms with Gasteiger partial charge in [-0.1, -0.05) is 6.92 Å². The lowest BCUT2D eigenvalue weighted by atomic mass is 10.2. The topological polar surface area (TPSA) is 80.1 Å². The molecule has 2 atom stereocenters. The van der Waals surface area contributed by atoms with Gasteiger partial charge in [-0.25, -0.2) is 4.98 Å². The molecule has 0 bridgehead atoms. The zero-order valence-corrected chi connectivity index (χ0v) is 11.1. The minimum atomic E-state index is -1.17. The van der Waals surface area contributed by atoms with E-state index in [0.29, 0.717) is 11.4 Å². The van der Waals surface area contributed by atoms with Crippen LogP contribution in [-0.2, 0) is 26.1 Å². The normalized spacial score (nSPS) is 13.4. The average molecular weight is 266 g/mol. The van der Waals surface area contributed by atoms with E-state index >= 15 is 0 Å². The van der Waals surface area contributed by atoms with Crippen molar-refractivity contribution in [2.75, 3.05) is 12.9 Å². The fourth-order valence-corrected chi connectivity index (χ4v) is 2.78. The SMILES string of the molecule is COC(=O)C(C)CS(=O)Cc1ccnc(C#N)c1. The fraction of sp³-hybridized carbons (Fsp3) is 0.417. The third-order valence-electron chi connectivity index (χ3n) is 2.31.